The molecule has 0 spiro atoms. The molecule has 1 aliphatic carbocycles. The van der Waals surface area contributed by atoms with Crippen molar-refractivity contribution in [1.29, 1.82) is 0 Å². The summed E-state index contributed by atoms with van der Waals surface area (Å²) < 4.78 is 10.2. The number of carbonyl (C=O) groups excluding carboxylic acids is 2. The number of carbonyl (C=O) groups is 2. The Labute approximate surface area is 124 Å². The molecule has 21 heavy (non-hydrogen) atoms. The van der Waals surface area contributed by atoms with Gasteiger partial charge in [-0.15, -0.1) is 0 Å². The Bertz CT molecular complexity index is 470. The molecular formula is C16H21NO4. The van der Waals surface area contributed by atoms with E-state index in [0.717, 1.165) is 18.6 Å². The average Bonchev–Trinajstić information content (AvgIpc) is 3.33. The third-order valence-electron chi connectivity index (χ3n) is 3.42. The second kappa shape index (κ2) is 7.67. The van der Waals surface area contributed by atoms with Gasteiger partial charge in [0.05, 0.1) is 26.6 Å². The van der Waals surface area contributed by atoms with Crippen LogP contribution in [-0.2, 0) is 14.3 Å². The molecule has 1 amide bonds. The summed E-state index contributed by atoms with van der Waals surface area (Å²) in [6, 6.07) is 9.72. The normalized spacial score (nSPS) is 13.6. The predicted octanol–water partition coefficient (Wildman–Crippen LogP) is 2.01. The highest BCUT2D eigenvalue weighted by Gasteiger charge is 2.32. The van der Waals surface area contributed by atoms with Crippen LogP contribution in [0.4, 0.5) is 0 Å². The topological polar surface area (TPSA) is 55.8 Å². The SMILES string of the molecule is COC(=O)CCN(C(=O)CCOc1ccccc1)C1CC1. The van der Waals surface area contributed by atoms with Crippen LogP contribution < -0.4 is 4.74 Å². The minimum absolute atomic E-state index is 0.0392. The van der Waals surface area contributed by atoms with Gasteiger partial charge in [0.1, 0.15) is 5.75 Å². The number of nitrogens with zero attached hydrogens (tertiary/aromatic N) is 1. The molecule has 114 valence electrons. The van der Waals surface area contributed by atoms with Crippen LogP contribution in [0.5, 0.6) is 5.75 Å². The van der Waals surface area contributed by atoms with Crippen molar-refractivity contribution in [3.05, 3.63) is 30.3 Å². The van der Waals surface area contributed by atoms with E-state index in [1.54, 1.807) is 4.90 Å². The molecule has 1 aromatic rings. The first-order chi connectivity index (χ1) is 10.2. The Morgan fingerprint density at radius 3 is 2.52 bits per heavy atom. The van der Waals surface area contributed by atoms with Crippen LogP contribution >= 0.6 is 0 Å². The molecule has 0 heterocycles. The predicted molar refractivity (Wildman–Crippen MR) is 77.9 cm³/mol. The van der Waals surface area contributed by atoms with E-state index in [4.69, 9.17) is 4.74 Å². The molecule has 1 aliphatic rings. The van der Waals surface area contributed by atoms with Crippen molar-refractivity contribution in [1.82, 2.24) is 4.90 Å². The van der Waals surface area contributed by atoms with Gasteiger partial charge in [-0.2, -0.15) is 0 Å². The van der Waals surface area contributed by atoms with E-state index in [1.165, 1.54) is 7.11 Å². The van der Waals surface area contributed by atoms with Gasteiger partial charge >= 0.3 is 5.97 Å². The lowest BCUT2D eigenvalue weighted by molar-refractivity contribution is -0.142. The summed E-state index contributed by atoms with van der Waals surface area (Å²) in [4.78, 5) is 25.2. The van der Waals surface area contributed by atoms with Crippen LogP contribution in [-0.4, -0.2) is 43.1 Å². The molecule has 0 saturated heterocycles. The monoisotopic (exact) mass is 291 g/mol. The lowest BCUT2D eigenvalue weighted by Crippen LogP contribution is -2.35. The van der Waals surface area contributed by atoms with E-state index in [1.807, 2.05) is 30.3 Å². The molecule has 0 aromatic heterocycles. The van der Waals surface area contributed by atoms with Gasteiger partial charge in [0, 0.05) is 12.6 Å². The summed E-state index contributed by atoms with van der Waals surface area (Å²) in [5, 5.41) is 0. The van der Waals surface area contributed by atoms with Crippen molar-refractivity contribution in [2.75, 3.05) is 20.3 Å². The van der Waals surface area contributed by atoms with Crippen molar-refractivity contribution in [2.45, 2.75) is 31.7 Å². The van der Waals surface area contributed by atoms with Gasteiger partial charge in [0.15, 0.2) is 0 Å². The summed E-state index contributed by atoms with van der Waals surface area (Å²) >= 11 is 0. The van der Waals surface area contributed by atoms with Crippen molar-refractivity contribution in [3.8, 4) is 5.75 Å². The fourth-order valence-corrected chi connectivity index (χ4v) is 2.13. The van der Waals surface area contributed by atoms with E-state index < -0.39 is 0 Å². The Morgan fingerprint density at radius 1 is 1.19 bits per heavy atom. The first-order valence-electron chi connectivity index (χ1n) is 7.25. The highest BCUT2D eigenvalue weighted by atomic mass is 16.5. The molecule has 5 nitrogen and oxygen atoms in total. The van der Waals surface area contributed by atoms with Gasteiger partial charge < -0.3 is 14.4 Å². The number of amides is 1. The standard InChI is InChI=1S/C16H21NO4/c1-20-16(19)9-11-17(13-7-8-13)15(18)10-12-21-14-5-3-2-4-6-14/h2-6,13H,7-12H2,1H3. The van der Waals surface area contributed by atoms with Crippen LogP contribution in [0.2, 0.25) is 0 Å². The highest BCUT2D eigenvalue weighted by Crippen LogP contribution is 2.27. The van der Waals surface area contributed by atoms with Crippen molar-refractivity contribution >= 4 is 11.9 Å². The Morgan fingerprint density at radius 2 is 1.90 bits per heavy atom. The quantitative estimate of drug-likeness (QED) is 0.688. The van der Waals surface area contributed by atoms with Crippen LogP contribution in [0.25, 0.3) is 0 Å². The van der Waals surface area contributed by atoms with Gasteiger partial charge in [0.2, 0.25) is 5.91 Å². The Balaban J connectivity index is 1.75. The number of benzene rings is 1. The first-order valence-corrected chi connectivity index (χ1v) is 7.25. The zero-order valence-corrected chi connectivity index (χ0v) is 12.3. The number of hydrogen-bond acceptors (Lipinski definition) is 4. The summed E-state index contributed by atoms with van der Waals surface area (Å²) in [6.45, 7) is 0.784. The molecule has 1 aromatic carbocycles. The zero-order chi connectivity index (χ0) is 15.1. The van der Waals surface area contributed by atoms with E-state index in [2.05, 4.69) is 4.74 Å². The maximum absolute atomic E-state index is 12.2. The summed E-state index contributed by atoms with van der Waals surface area (Å²) in [5.41, 5.74) is 0. The van der Waals surface area contributed by atoms with Crippen molar-refractivity contribution < 1.29 is 19.1 Å². The van der Waals surface area contributed by atoms with E-state index >= 15 is 0 Å². The number of rotatable bonds is 8. The maximum Gasteiger partial charge on any atom is 0.307 e. The van der Waals surface area contributed by atoms with Crippen molar-refractivity contribution in [3.63, 3.8) is 0 Å². The molecule has 0 N–H and O–H groups in total. The highest BCUT2D eigenvalue weighted by molar-refractivity contribution is 5.78. The molecule has 0 radical (unpaired) electrons. The van der Waals surface area contributed by atoms with E-state index in [-0.39, 0.29) is 18.3 Å². The molecule has 5 heteroatoms. The second-order valence-electron chi connectivity index (χ2n) is 5.06. The summed E-state index contributed by atoms with van der Waals surface area (Å²) in [5.74, 6) is 0.518. The van der Waals surface area contributed by atoms with Crippen LogP contribution in [0.15, 0.2) is 30.3 Å². The number of hydrogen-bond donors (Lipinski definition) is 0. The van der Waals surface area contributed by atoms with Gasteiger partial charge in [-0.05, 0) is 25.0 Å². The zero-order valence-electron chi connectivity index (χ0n) is 12.3. The van der Waals surface area contributed by atoms with Crippen LogP contribution in [0, 0.1) is 0 Å². The largest absolute Gasteiger partial charge is 0.493 e. The number of para-hydroxylation sites is 1. The first kappa shape index (κ1) is 15.4. The van der Waals surface area contributed by atoms with Gasteiger partial charge in [0.25, 0.3) is 0 Å². The van der Waals surface area contributed by atoms with Crippen LogP contribution in [0.1, 0.15) is 25.7 Å². The molecule has 1 fully saturated rings. The molecule has 0 aliphatic heterocycles. The Kier molecular flexibility index (Phi) is 5.60. The van der Waals surface area contributed by atoms with E-state index in [9.17, 15) is 9.59 Å². The fraction of sp³-hybridized carbons (Fsp3) is 0.500. The van der Waals surface area contributed by atoms with Crippen LogP contribution in [0.3, 0.4) is 0 Å². The summed E-state index contributed by atoms with van der Waals surface area (Å²) in [6.07, 6.45) is 2.61. The van der Waals surface area contributed by atoms with E-state index in [0.29, 0.717) is 25.6 Å². The maximum atomic E-state index is 12.2. The number of methoxy groups -OCH3 is 1. The minimum Gasteiger partial charge on any atom is -0.493 e. The van der Waals surface area contributed by atoms with Gasteiger partial charge in [-0.1, -0.05) is 18.2 Å². The molecule has 0 atom stereocenters. The molecular weight excluding hydrogens is 270 g/mol. The number of ether oxygens (including phenoxy) is 2. The van der Waals surface area contributed by atoms with Gasteiger partial charge in [-0.3, -0.25) is 9.59 Å². The third kappa shape index (κ3) is 5.10. The number of esters is 1. The smallest absolute Gasteiger partial charge is 0.307 e. The third-order valence-corrected chi connectivity index (χ3v) is 3.42. The second-order valence-corrected chi connectivity index (χ2v) is 5.06. The molecule has 2 rings (SSSR count). The molecule has 1 saturated carbocycles. The minimum atomic E-state index is -0.283. The lowest BCUT2D eigenvalue weighted by atomic mass is 10.3. The average molecular weight is 291 g/mol. The van der Waals surface area contributed by atoms with Crippen molar-refractivity contribution in [2.24, 2.45) is 0 Å². The Hall–Kier alpha value is -2.04. The lowest BCUT2D eigenvalue weighted by Gasteiger charge is -2.22. The fourth-order valence-electron chi connectivity index (χ4n) is 2.13. The molecule has 0 bridgehead atoms. The van der Waals surface area contributed by atoms with Gasteiger partial charge in [-0.25, -0.2) is 0 Å². The molecule has 0 unspecified atom stereocenters. The summed E-state index contributed by atoms with van der Waals surface area (Å²) in [7, 11) is 1.36.